The Bertz CT molecular complexity index is 248. The molecule has 4 nitrogen and oxygen atoms in total. The van der Waals surface area contributed by atoms with Gasteiger partial charge >= 0.3 is 0 Å². The largest absolute Gasteiger partial charge is 0.319 e. The van der Waals surface area contributed by atoms with Crippen LogP contribution in [0, 0.1) is 0 Å². The number of hydrogen-bond acceptors (Lipinski definition) is 3. The minimum atomic E-state index is -0.218. The van der Waals surface area contributed by atoms with Crippen LogP contribution in [0.1, 0.15) is 11.7 Å². The van der Waals surface area contributed by atoms with Crippen LogP contribution in [0.5, 0.6) is 0 Å². The third kappa shape index (κ3) is 1.49. The van der Waals surface area contributed by atoms with Gasteiger partial charge in [-0.2, -0.15) is 0 Å². The van der Waals surface area contributed by atoms with E-state index < -0.39 is 0 Å². The van der Waals surface area contributed by atoms with E-state index in [0.29, 0.717) is 4.60 Å². The molecule has 0 radical (unpaired) electrons. The van der Waals surface area contributed by atoms with E-state index in [1.165, 1.54) is 0 Å². The minimum Gasteiger partial charge on any atom is -0.319 e. The first-order valence-corrected chi connectivity index (χ1v) is 3.89. The summed E-state index contributed by atoms with van der Waals surface area (Å²) in [5, 5.41) is 7.56. The minimum absolute atomic E-state index is 0.218. The Labute approximate surface area is 73.2 Å². The van der Waals surface area contributed by atoms with Crippen LogP contribution in [0.15, 0.2) is 17.3 Å². The molecule has 1 unspecified atom stereocenters. The summed E-state index contributed by atoms with van der Waals surface area (Å²) >= 11 is 3.24. The number of hydrogen-bond donors (Lipinski definition) is 1. The normalized spacial score (nSPS) is 13.0. The van der Waals surface area contributed by atoms with Gasteiger partial charge in [0.05, 0.1) is 11.7 Å². The summed E-state index contributed by atoms with van der Waals surface area (Å²) in [6.45, 7) is 3.58. The maximum absolute atomic E-state index is 5.69. The van der Waals surface area contributed by atoms with E-state index in [2.05, 4.69) is 32.8 Å². The average molecular weight is 217 g/mol. The molecule has 1 atom stereocenters. The predicted octanol–water partition coefficient (Wildman–Crippen LogP) is 0.763. The molecule has 0 aromatic carbocycles. The Kier molecular flexibility index (Phi) is 2.41. The van der Waals surface area contributed by atoms with E-state index in [-0.39, 0.29) is 6.04 Å². The molecule has 0 aliphatic rings. The molecule has 60 valence electrons. The molecule has 2 N–H and O–H groups in total. The van der Waals surface area contributed by atoms with Crippen LogP contribution in [-0.2, 0) is 7.05 Å². The molecule has 1 aromatic heterocycles. The van der Waals surface area contributed by atoms with Crippen molar-refractivity contribution in [1.82, 2.24) is 15.0 Å². The fraction of sp³-hybridized carbons (Fsp3) is 0.333. The zero-order valence-electron chi connectivity index (χ0n) is 6.16. The number of nitrogens with two attached hydrogens (primary N) is 1. The van der Waals surface area contributed by atoms with Gasteiger partial charge in [-0.15, -0.1) is 11.7 Å². The summed E-state index contributed by atoms with van der Waals surface area (Å²) in [6, 6.07) is -0.218. The zero-order valence-corrected chi connectivity index (χ0v) is 7.74. The standard InChI is InChI=1S/C6H9BrN4/c1-3-4(8)5-6(7)9-10-11(5)2/h3-4H,1,8H2,2H3. The van der Waals surface area contributed by atoms with Crippen molar-refractivity contribution in [2.45, 2.75) is 6.04 Å². The lowest BCUT2D eigenvalue weighted by molar-refractivity contribution is 0.657. The number of aromatic nitrogens is 3. The summed E-state index contributed by atoms with van der Waals surface area (Å²) in [6.07, 6.45) is 1.64. The highest BCUT2D eigenvalue weighted by Gasteiger charge is 2.12. The lowest BCUT2D eigenvalue weighted by atomic mass is 10.2. The number of aryl methyl sites for hydroxylation is 1. The van der Waals surface area contributed by atoms with Crippen LogP contribution in [0.4, 0.5) is 0 Å². The van der Waals surface area contributed by atoms with Gasteiger partial charge in [0, 0.05) is 7.05 Å². The molecule has 1 heterocycles. The highest BCUT2D eigenvalue weighted by atomic mass is 79.9. The molecule has 1 aromatic rings. The van der Waals surface area contributed by atoms with E-state index in [1.54, 1.807) is 17.8 Å². The van der Waals surface area contributed by atoms with Crippen LogP contribution in [0.3, 0.4) is 0 Å². The molecule has 0 saturated carbocycles. The summed E-state index contributed by atoms with van der Waals surface area (Å²) < 4.78 is 2.29. The van der Waals surface area contributed by atoms with Gasteiger partial charge in [-0.3, -0.25) is 0 Å². The van der Waals surface area contributed by atoms with Crippen molar-refractivity contribution in [2.24, 2.45) is 12.8 Å². The molecule has 11 heavy (non-hydrogen) atoms. The maximum atomic E-state index is 5.69. The quantitative estimate of drug-likeness (QED) is 0.744. The van der Waals surface area contributed by atoms with Crippen LogP contribution in [0.25, 0.3) is 0 Å². The lowest BCUT2D eigenvalue weighted by Crippen LogP contribution is -2.12. The fourth-order valence-corrected chi connectivity index (χ4v) is 1.40. The number of rotatable bonds is 2. The van der Waals surface area contributed by atoms with Crippen molar-refractivity contribution < 1.29 is 0 Å². The van der Waals surface area contributed by atoms with E-state index in [0.717, 1.165) is 5.69 Å². The topological polar surface area (TPSA) is 56.7 Å². The Morgan fingerprint density at radius 1 is 1.82 bits per heavy atom. The van der Waals surface area contributed by atoms with Crippen molar-refractivity contribution >= 4 is 15.9 Å². The monoisotopic (exact) mass is 216 g/mol. The molecule has 0 aliphatic heterocycles. The van der Waals surface area contributed by atoms with Gasteiger partial charge in [0.2, 0.25) is 0 Å². The molecule has 0 aliphatic carbocycles. The van der Waals surface area contributed by atoms with E-state index in [1.807, 2.05) is 0 Å². The summed E-state index contributed by atoms with van der Waals surface area (Å²) in [4.78, 5) is 0. The molecule has 0 bridgehead atoms. The van der Waals surface area contributed by atoms with Gasteiger partial charge in [-0.1, -0.05) is 11.3 Å². The number of halogens is 1. The predicted molar refractivity (Wildman–Crippen MR) is 45.8 cm³/mol. The van der Waals surface area contributed by atoms with Crippen LogP contribution in [0.2, 0.25) is 0 Å². The first-order chi connectivity index (χ1) is 5.16. The summed E-state index contributed by atoms with van der Waals surface area (Å²) in [5.74, 6) is 0. The number of nitrogens with zero attached hydrogens (tertiary/aromatic N) is 3. The molecule has 1 rings (SSSR count). The Hall–Kier alpha value is -0.680. The van der Waals surface area contributed by atoms with Gasteiger partial charge < -0.3 is 5.73 Å². The second kappa shape index (κ2) is 3.15. The second-order valence-electron chi connectivity index (χ2n) is 2.15. The third-order valence-electron chi connectivity index (χ3n) is 1.40. The highest BCUT2D eigenvalue weighted by Crippen LogP contribution is 2.18. The molecule has 0 fully saturated rings. The van der Waals surface area contributed by atoms with Crippen LogP contribution >= 0.6 is 15.9 Å². The first kappa shape index (κ1) is 8.42. The maximum Gasteiger partial charge on any atom is 0.153 e. The molecule has 0 spiro atoms. The Morgan fingerprint density at radius 2 is 2.45 bits per heavy atom. The van der Waals surface area contributed by atoms with Crippen LogP contribution in [-0.4, -0.2) is 15.0 Å². The SMILES string of the molecule is C=CC(N)c1c(Br)nnn1C. The van der Waals surface area contributed by atoms with Gasteiger partial charge in [0.25, 0.3) is 0 Å². The molecule has 5 heteroatoms. The smallest absolute Gasteiger partial charge is 0.153 e. The molecule has 0 amide bonds. The van der Waals surface area contributed by atoms with Crippen molar-refractivity contribution in [3.63, 3.8) is 0 Å². The summed E-state index contributed by atoms with van der Waals surface area (Å²) in [5.41, 5.74) is 6.52. The first-order valence-electron chi connectivity index (χ1n) is 3.10. The molecular formula is C6H9BrN4. The second-order valence-corrected chi connectivity index (χ2v) is 2.90. The van der Waals surface area contributed by atoms with Gasteiger partial charge in [-0.05, 0) is 15.9 Å². The van der Waals surface area contributed by atoms with Gasteiger partial charge in [0.1, 0.15) is 0 Å². The average Bonchev–Trinajstić information content (AvgIpc) is 2.30. The van der Waals surface area contributed by atoms with E-state index >= 15 is 0 Å². The Balaban J connectivity index is 3.09. The van der Waals surface area contributed by atoms with Gasteiger partial charge in [0.15, 0.2) is 4.60 Å². The van der Waals surface area contributed by atoms with E-state index in [4.69, 9.17) is 5.73 Å². The third-order valence-corrected chi connectivity index (χ3v) is 1.96. The Morgan fingerprint density at radius 3 is 2.82 bits per heavy atom. The molecule has 0 saturated heterocycles. The van der Waals surface area contributed by atoms with Crippen molar-refractivity contribution in [3.8, 4) is 0 Å². The van der Waals surface area contributed by atoms with Gasteiger partial charge in [-0.25, -0.2) is 4.68 Å². The highest BCUT2D eigenvalue weighted by molar-refractivity contribution is 9.10. The summed E-state index contributed by atoms with van der Waals surface area (Å²) in [7, 11) is 1.79. The van der Waals surface area contributed by atoms with Crippen molar-refractivity contribution in [1.29, 1.82) is 0 Å². The van der Waals surface area contributed by atoms with Crippen LogP contribution < -0.4 is 5.73 Å². The fourth-order valence-electron chi connectivity index (χ4n) is 0.804. The van der Waals surface area contributed by atoms with Crippen molar-refractivity contribution in [2.75, 3.05) is 0 Å². The lowest BCUT2D eigenvalue weighted by Gasteiger charge is -2.04. The van der Waals surface area contributed by atoms with E-state index in [9.17, 15) is 0 Å². The zero-order chi connectivity index (χ0) is 8.43. The van der Waals surface area contributed by atoms with Crippen molar-refractivity contribution in [3.05, 3.63) is 23.0 Å². The molecular weight excluding hydrogens is 208 g/mol.